The van der Waals surface area contributed by atoms with Crippen molar-refractivity contribution in [3.8, 4) is 0 Å². The summed E-state index contributed by atoms with van der Waals surface area (Å²) >= 11 is 0. The molecule has 2 aromatic carbocycles. The van der Waals surface area contributed by atoms with Gasteiger partial charge in [-0.2, -0.15) is 26.3 Å². The number of nitrogens with zero attached hydrogens (tertiary/aromatic N) is 1. The summed E-state index contributed by atoms with van der Waals surface area (Å²) in [5.74, 6) is -3.04. The van der Waals surface area contributed by atoms with E-state index in [0.717, 1.165) is 24.3 Å². The minimum absolute atomic E-state index is 0.0255. The van der Waals surface area contributed by atoms with Crippen LogP contribution in [0.3, 0.4) is 0 Å². The van der Waals surface area contributed by atoms with E-state index in [0.29, 0.717) is 12.6 Å². The van der Waals surface area contributed by atoms with E-state index in [-0.39, 0.29) is 16.2 Å². The third-order valence-electron chi connectivity index (χ3n) is 3.99. The van der Waals surface area contributed by atoms with E-state index < -0.39 is 29.6 Å². The van der Waals surface area contributed by atoms with Gasteiger partial charge in [0.2, 0.25) is 0 Å². The van der Waals surface area contributed by atoms with E-state index >= 15 is 0 Å². The van der Waals surface area contributed by atoms with Gasteiger partial charge in [0.25, 0.3) is 5.91 Å². The highest BCUT2D eigenvalue weighted by Gasteiger charge is 2.76. The number of halogens is 6. The number of hydrogen-bond donors (Lipinski definition) is 1. The van der Waals surface area contributed by atoms with Crippen molar-refractivity contribution in [2.75, 3.05) is 11.9 Å². The second kappa shape index (κ2) is 7.27. The summed E-state index contributed by atoms with van der Waals surface area (Å²) in [4.78, 5) is 24.2. The van der Waals surface area contributed by atoms with E-state index in [1.807, 2.05) is 0 Å². The molecule has 1 amide bonds. The fraction of sp³-hybridized carbons (Fsp3) is 0.222. The van der Waals surface area contributed by atoms with E-state index in [4.69, 9.17) is 0 Å². The van der Waals surface area contributed by atoms with Gasteiger partial charge in [-0.1, -0.05) is 30.3 Å². The number of aliphatic hydroxyl groups is 1. The largest absolute Gasteiger partial charge is 0.435 e. The van der Waals surface area contributed by atoms with Crippen LogP contribution in [0.2, 0.25) is 0 Å². The van der Waals surface area contributed by atoms with E-state index in [2.05, 4.69) is 0 Å². The maximum atomic E-state index is 12.8. The lowest BCUT2D eigenvalue weighted by atomic mass is 10.00. The van der Waals surface area contributed by atoms with Crippen LogP contribution >= 0.6 is 0 Å². The number of likely N-dealkylation sites (N-methyl/N-ethyl adjacent to an activating group) is 1. The van der Waals surface area contributed by atoms with E-state index in [1.54, 1.807) is 18.2 Å². The third-order valence-corrected chi connectivity index (χ3v) is 3.99. The second-order valence-electron chi connectivity index (χ2n) is 5.81. The monoisotopic (exact) mass is 405 g/mol. The average Bonchev–Trinajstić information content (AvgIpc) is 2.64. The van der Waals surface area contributed by atoms with Gasteiger partial charge < -0.3 is 10.0 Å². The molecule has 0 saturated heterocycles. The molecule has 0 aromatic heterocycles. The predicted molar refractivity (Wildman–Crippen MR) is 86.8 cm³/mol. The van der Waals surface area contributed by atoms with Crippen molar-refractivity contribution in [1.82, 2.24) is 0 Å². The Bertz CT molecular complexity index is 846. The zero-order chi connectivity index (χ0) is 21.3. The van der Waals surface area contributed by atoms with Crippen LogP contribution in [0.15, 0.2) is 54.6 Å². The number of hydrogen-bond acceptors (Lipinski definition) is 3. The minimum Gasteiger partial charge on any atom is -0.366 e. The van der Waals surface area contributed by atoms with Crippen molar-refractivity contribution in [3.05, 3.63) is 65.7 Å². The van der Waals surface area contributed by atoms with Crippen LogP contribution in [0, 0.1) is 0 Å². The lowest BCUT2D eigenvalue weighted by molar-refractivity contribution is -0.349. The fourth-order valence-corrected chi connectivity index (χ4v) is 2.36. The number of ketones is 1. The topological polar surface area (TPSA) is 57.6 Å². The van der Waals surface area contributed by atoms with Crippen molar-refractivity contribution >= 4 is 17.4 Å². The average molecular weight is 405 g/mol. The van der Waals surface area contributed by atoms with Crippen LogP contribution < -0.4 is 4.90 Å². The highest BCUT2D eigenvalue weighted by atomic mass is 19.4. The van der Waals surface area contributed by atoms with Crippen molar-refractivity contribution in [1.29, 1.82) is 0 Å². The molecule has 2 aromatic rings. The molecule has 10 heteroatoms. The van der Waals surface area contributed by atoms with Crippen molar-refractivity contribution in [2.45, 2.75) is 18.0 Å². The summed E-state index contributed by atoms with van der Waals surface area (Å²) in [6.07, 6.45) is -12.6. The Morgan fingerprint density at radius 1 is 0.786 bits per heavy atom. The quantitative estimate of drug-likeness (QED) is 0.623. The molecule has 0 atom stereocenters. The summed E-state index contributed by atoms with van der Waals surface area (Å²) in [6, 6.07) is 12.3. The molecule has 0 aliphatic heterocycles. The first-order chi connectivity index (χ1) is 12.8. The van der Waals surface area contributed by atoms with Crippen LogP contribution in [0.4, 0.5) is 32.0 Å². The first-order valence-electron chi connectivity index (χ1n) is 7.64. The lowest BCUT2D eigenvalue weighted by Crippen LogP contribution is -2.66. The highest BCUT2D eigenvalue weighted by molar-refractivity contribution is 6.09. The summed E-state index contributed by atoms with van der Waals surface area (Å²) in [5, 5.41) is 9.18. The number of carbonyl (C=O) groups is 2. The Morgan fingerprint density at radius 3 is 1.64 bits per heavy atom. The molecule has 0 radical (unpaired) electrons. The molecule has 0 unspecified atom stereocenters. The molecule has 0 bridgehead atoms. The van der Waals surface area contributed by atoms with Crippen LogP contribution in [0.25, 0.3) is 0 Å². The molecule has 2 rings (SSSR count). The molecule has 0 aliphatic carbocycles. The number of rotatable bonds is 4. The Morgan fingerprint density at radius 2 is 1.21 bits per heavy atom. The van der Waals surface area contributed by atoms with Crippen molar-refractivity contribution < 1.29 is 41.0 Å². The van der Waals surface area contributed by atoms with Crippen LogP contribution in [0.1, 0.15) is 15.9 Å². The number of amides is 1. The van der Waals surface area contributed by atoms with Crippen LogP contribution in [0.5, 0.6) is 0 Å². The molecule has 150 valence electrons. The molecule has 1 N–H and O–H groups in total. The van der Waals surface area contributed by atoms with Gasteiger partial charge in [0, 0.05) is 23.9 Å². The molecule has 0 saturated carbocycles. The summed E-state index contributed by atoms with van der Waals surface area (Å²) < 4.78 is 76.9. The smallest absolute Gasteiger partial charge is 0.366 e. The Balaban J connectivity index is 2.33. The maximum absolute atomic E-state index is 12.8. The first-order valence-corrected chi connectivity index (χ1v) is 7.64. The lowest BCUT2D eigenvalue weighted by Gasteiger charge is -2.34. The molecule has 0 aliphatic rings. The number of carbonyl (C=O) groups excluding carboxylic acids is 2. The summed E-state index contributed by atoms with van der Waals surface area (Å²) in [5.41, 5.74) is -5.50. The highest BCUT2D eigenvalue weighted by Crippen LogP contribution is 2.44. The van der Waals surface area contributed by atoms with Gasteiger partial charge in [0.05, 0.1) is 0 Å². The van der Waals surface area contributed by atoms with E-state index in [1.165, 1.54) is 12.1 Å². The molecule has 4 nitrogen and oxygen atoms in total. The van der Waals surface area contributed by atoms with Gasteiger partial charge in [0.15, 0.2) is 5.78 Å². The fourth-order valence-electron chi connectivity index (χ4n) is 2.36. The summed E-state index contributed by atoms with van der Waals surface area (Å²) in [7, 11) is 0.652. The van der Waals surface area contributed by atoms with Gasteiger partial charge in [-0.3, -0.25) is 9.59 Å². The minimum atomic E-state index is -6.28. The van der Waals surface area contributed by atoms with Gasteiger partial charge in [0.1, 0.15) is 0 Å². The second-order valence-corrected chi connectivity index (χ2v) is 5.81. The van der Waals surface area contributed by atoms with Gasteiger partial charge in [-0.15, -0.1) is 0 Å². The zero-order valence-electron chi connectivity index (χ0n) is 14.2. The Labute approximate surface area is 155 Å². The van der Waals surface area contributed by atoms with Crippen molar-refractivity contribution in [3.63, 3.8) is 0 Å². The summed E-state index contributed by atoms with van der Waals surface area (Å²) in [6.45, 7) is 0. The third kappa shape index (κ3) is 3.72. The molecule has 0 heterocycles. The number of anilines is 1. The number of benzene rings is 2. The Hall–Kier alpha value is -2.88. The van der Waals surface area contributed by atoms with Gasteiger partial charge in [-0.05, 0) is 24.3 Å². The van der Waals surface area contributed by atoms with Gasteiger partial charge >= 0.3 is 18.0 Å². The SMILES string of the molecule is CN(C(=O)C(O)(C(F)(F)F)C(F)(F)F)c1ccc(C(=O)c2ccccc2)cc1. The zero-order valence-corrected chi connectivity index (χ0v) is 14.2. The molecule has 0 spiro atoms. The van der Waals surface area contributed by atoms with E-state index in [9.17, 15) is 41.0 Å². The van der Waals surface area contributed by atoms with Crippen molar-refractivity contribution in [2.24, 2.45) is 0 Å². The first kappa shape index (κ1) is 21.4. The maximum Gasteiger partial charge on any atom is 0.435 e. The molecule has 28 heavy (non-hydrogen) atoms. The van der Waals surface area contributed by atoms with Gasteiger partial charge in [-0.25, -0.2) is 0 Å². The normalized spacial score (nSPS) is 12.6. The Kier molecular flexibility index (Phi) is 5.56. The van der Waals surface area contributed by atoms with Crippen LogP contribution in [-0.2, 0) is 4.79 Å². The molecular formula is C18H13F6NO3. The molecule has 0 fully saturated rings. The predicted octanol–water partition coefficient (Wildman–Crippen LogP) is 3.74. The number of alkyl halides is 6. The molecular weight excluding hydrogens is 392 g/mol. The van der Waals surface area contributed by atoms with Crippen LogP contribution in [-0.4, -0.2) is 41.8 Å². The standard InChI is InChI=1S/C18H13F6NO3/c1-25(15(27)16(28,17(19,20)21)18(22,23)24)13-9-7-12(8-10-13)14(26)11-5-3-2-4-6-11/h2-10,28H,1H3.